The third-order valence-electron chi connectivity index (χ3n) is 5.96. The average Bonchev–Trinajstić information content (AvgIpc) is 3.23. The molecule has 166 valence electrons. The maximum Gasteiger partial charge on any atom is 0.337 e. The second kappa shape index (κ2) is 8.41. The molecule has 2 aromatic carbocycles. The molecular weight excluding hydrogens is 453 g/mol. The average molecular weight is 474 g/mol. The normalized spacial score (nSPS) is 17.8. The number of piperidine rings is 1. The van der Waals surface area contributed by atoms with Crippen LogP contribution >= 0.6 is 23.2 Å². The number of aromatic nitrogens is 1. The number of nitrogens with one attached hydrogen (secondary N) is 1. The molecule has 9 heteroatoms. The Labute approximate surface area is 194 Å². The van der Waals surface area contributed by atoms with Gasteiger partial charge in [-0.2, -0.15) is 0 Å². The summed E-state index contributed by atoms with van der Waals surface area (Å²) in [6.07, 6.45) is 3.28. The van der Waals surface area contributed by atoms with Crippen molar-refractivity contribution in [2.24, 2.45) is 0 Å². The second-order valence-corrected chi connectivity index (χ2v) is 8.77. The number of ether oxygens (including phenoxy) is 2. The van der Waals surface area contributed by atoms with E-state index in [1.54, 1.807) is 18.2 Å². The van der Waals surface area contributed by atoms with Crippen LogP contribution in [0.5, 0.6) is 0 Å². The molecule has 0 bridgehead atoms. The fraction of sp³-hybridized carbons (Fsp3) is 0.304. The molecule has 2 aliphatic heterocycles. The summed E-state index contributed by atoms with van der Waals surface area (Å²) < 4.78 is 11.7. The van der Waals surface area contributed by atoms with E-state index in [4.69, 9.17) is 32.7 Å². The summed E-state index contributed by atoms with van der Waals surface area (Å²) in [6, 6.07) is 10.2. The maximum atomic E-state index is 11.8. The zero-order valence-corrected chi connectivity index (χ0v) is 18.6. The first-order valence-corrected chi connectivity index (χ1v) is 11.1. The second-order valence-electron chi connectivity index (χ2n) is 7.89. The summed E-state index contributed by atoms with van der Waals surface area (Å²) in [5.74, 6) is -1.56. The van der Waals surface area contributed by atoms with Crippen LogP contribution in [0, 0.1) is 0 Å². The summed E-state index contributed by atoms with van der Waals surface area (Å²) in [4.78, 5) is 18.7. The van der Waals surface area contributed by atoms with Gasteiger partial charge in [-0.15, -0.1) is 0 Å². The zero-order valence-electron chi connectivity index (χ0n) is 17.1. The molecule has 3 aromatic rings. The van der Waals surface area contributed by atoms with E-state index in [1.807, 2.05) is 18.3 Å². The molecule has 0 amide bonds. The minimum absolute atomic E-state index is 0.0841. The van der Waals surface area contributed by atoms with E-state index in [0.29, 0.717) is 28.9 Å². The molecule has 5 rings (SSSR count). The molecule has 0 atom stereocenters. The third kappa shape index (κ3) is 3.97. The monoisotopic (exact) mass is 473 g/mol. The molecular formula is C23H21Cl2N3O4. The van der Waals surface area contributed by atoms with E-state index in [2.05, 4.69) is 15.2 Å². The number of carboxylic acids is 1. The number of carbonyl (C=O) groups is 1. The highest BCUT2D eigenvalue weighted by molar-refractivity contribution is 6.32. The van der Waals surface area contributed by atoms with Gasteiger partial charge in [-0.25, -0.2) is 4.79 Å². The van der Waals surface area contributed by atoms with Crippen molar-refractivity contribution in [3.05, 3.63) is 58.2 Å². The Morgan fingerprint density at radius 3 is 2.47 bits per heavy atom. The largest absolute Gasteiger partial charge is 0.478 e. The molecule has 0 aliphatic carbocycles. The molecule has 2 saturated heterocycles. The van der Waals surface area contributed by atoms with Gasteiger partial charge in [0.25, 0.3) is 0 Å². The summed E-state index contributed by atoms with van der Waals surface area (Å²) in [5.41, 5.74) is 2.88. The fourth-order valence-corrected chi connectivity index (χ4v) is 4.68. The number of rotatable bonds is 4. The molecule has 32 heavy (non-hydrogen) atoms. The van der Waals surface area contributed by atoms with Crippen LogP contribution in [-0.2, 0) is 9.47 Å². The molecule has 1 aromatic heterocycles. The maximum absolute atomic E-state index is 11.8. The van der Waals surface area contributed by atoms with Crippen molar-refractivity contribution in [2.45, 2.75) is 18.6 Å². The van der Waals surface area contributed by atoms with Crippen LogP contribution in [0.4, 0.5) is 17.1 Å². The Hall–Kier alpha value is -2.58. The third-order valence-corrected chi connectivity index (χ3v) is 6.43. The van der Waals surface area contributed by atoms with E-state index in [0.717, 1.165) is 48.2 Å². The molecule has 3 heterocycles. The first-order valence-electron chi connectivity index (χ1n) is 10.4. The highest BCUT2D eigenvalue weighted by atomic mass is 35.5. The number of hydrogen-bond acceptors (Lipinski definition) is 6. The molecule has 2 fully saturated rings. The van der Waals surface area contributed by atoms with Crippen molar-refractivity contribution in [1.29, 1.82) is 0 Å². The van der Waals surface area contributed by atoms with Gasteiger partial charge in [0, 0.05) is 41.4 Å². The summed E-state index contributed by atoms with van der Waals surface area (Å²) in [5, 5.41) is 14.8. The van der Waals surface area contributed by atoms with Gasteiger partial charge >= 0.3 is 5.97 Å². The van der Waals surface area contributed by atoms with Gasteiger partial charge in [-0.05, 0) is 36.4 Å². The molecule has 7 nitrogen and oxygen atoms in total. The van der Waals surface area contributed by atoms with Crippen molar-refractivity contribution >= 4 is 57.1 Å². The van der Waals surface area contributed by atoms with E-state index in [1.165, 1.54) is 6.07 Å². The lowest BCUT2D eigenvalue weighted by Gasteiger charge is -2.39. The Morgan fingerprint density at radius 2 is 1.75 bits per heavy atom. The Kier molecular flexibility index (Phi) is 5.59. The smallest absolute Gasteiger partial charge is 0.337 e. The van der Waals surface area contributed by atoms with Crippen LogP contribution in [0.25, 0.3) is 10.9 Å². The molecule has 0 unspecified atom stereocenters. The van der Waals surface area contributed by atoms with Crippen molar-refractivity contribution in [3.8, 4) is 0 Å². The minimum Gasteiger partial charge on any atom is -0.478 e. The Bertz CT molecular complexity index is 1190. The van der Waals surface area contributed by atoms with Crippen LogP contribution in [0.1, 0.15) is 23.2 Å². The quantitative estimate of drug-likeness (QED) is 0.529. The molecule has 2 aliphatic rings. The number of halogens is 2. The lowest BCUT2D eigenvalue weighted by Crippen LogP contribution is -2.45. The number of aromatic carboxylic acids is 1. The predicted octanol–water partition coefficient (Wildman–Crippen LogP) is 5.33. The standard InChI is InChI=1S/C23H21Cl2N3O4/c24-14-1-3-18-16(11-14)21(27-19-4-2-15(25)12-17(19)22(29)30)20(13-26-18)28-7-5-23(6-8-28)31-9-10-32-23/h1-4,11-13H,5-10H2,(H,26,27)(H,29,30). The van der Waals surface area contributed by atoms with Gasteiger partial charge in [0.05, 0.1) is 47.6 Å². The van der Waals surface area contributed by atoms with Crippen molar-refractivity contribution in [3.63, 3.8) is 0 Å². The van der Waals surface area contributed by atoms with Crippen molar-refractivity contribution < 1.29 is 19.4 Å². The number of nitrogens with zero attached hydrogens (tertiary/aromatic N) is 2. The first-order chi connectivity index (χ1) is 15.4. The van der Waals surface area contributed by atoms with Crippen molar-refractivity contribution in [2.75, 3.05) is 36.5 Å². The highest BCUT2D eigenvalue weighted by Crippen LogP contribution is 2.40. The number of carboxylic acid groups (broad SMARTS) is 1. The molecule has 0 radical (unpaired) electrons. The highest BCUT2D eigenvalue weighted by Gasteiger charge is 2.40. The van der Waals surface area contributed by atoms with Crippen LogP contribution in [0.3, 0.4) is 0 Å². The number of benzene rings is 2. The number of fused-ring (bicyclic) bond motifs is 1. The van der Waals surface area contributed by atoms with Gasteiger partial charge in [0.15, 0.2) is 5.79 Å². The lowest BCUT2D eigenvalue weighted by molar-refractivity contribution is -0.169. The molecule has 0 saturated carbocycles. The van der Waals surface area contributed by atoms with E-state index in [-0.39, 0.29) is 5.56 Å². The predicted molar refractivity (Wildman–Crippen MR) is 125 cm³/mol. The van der Waals surface area contributed by atoms with Gasteiger partial charge in [0.2, 0.25) is 0 Å². The van der Waals surface area contributed by atoms with Gasteiger partial charge < -0.3 is 24.8 Å². The van der Waals surface area contributed by atoms with Gasteiger partial charge in [-0.3, -0.25) is 4.98 Å². The minimum atomic E-state index is -1.07. The Morgan fingerprint density at radius 1 is 1.06 bits per heavy atom. The van der Waals surface area contributed by atoms with Gasteiger partial charge in [-0.1, -0.05) is 23.2 Å². The lowest BCUT2D eigenvalue weighted by atomic mass is 10.0. The fourth-order valence-electron chi connectivity index (χ4n) is 4.34. The first kappa shape index (κ1) is 21.3. The Balaban J connectivity index is 1.57. The van der Waals surface area contributed by atoms with Gasteiger partial charge in [0.1, 0.15) is 0 Å². The summed E-state index contributed by atoms with van der Waals surface area (Å²) >= 11 is 12.3. The number of pyridine rings is 1. The summed E-state index contributed by atoms with van der Waals surface area (Å²) in [7, 11) is 0. The van der Waals surface area contributed by atoms with E-state index in [9.17, 15) is 9.90 Å². The molecule has 1 spiro atoms. The summed E-state index contributed by atoms with van der Waals surface area (Å²) in [6.45, 7) is 2.68. The van der Waals surface area contributed by atoms with E-state index >= 15 is 0 Å². The topological polar surface area (TPSA) is 83.9 Å². The molecule has 2 N–H and O–H groups in total. The zero-order chi connectivity index (χ0) is 22.3. The van der Waals surface area contributed by atoms with Crippen LogP contribution in [0.15, 0.2) is 42.6 Å². The number of hydrogen-bond donors (Lipinski definition) is 2. The van der Waals surface area contributed by atoms with Crippen molar-refractivity contribution in [1.82, 2.24) is 4.98 Å². The van der Waals surface area contributed by atoms with Crippen LogP contribution in [0.2, 0.25) is 10.0 Å². The van der Waals surface area contributed by atoms with E-state index < -0.39 is 11.8 Å². The number of anilines is 3. The SMILES string of the molecule is O=C(O)c1cc(Cl)ccc1Nc1c(N2CCC3(CC2)OCCO3)cnc2ccc(Cl)cc12. The van der Waals surface area contributed by atoms with Crippen LogP contribution in [-0.4, -0.2) is 48.2 Å². The van der Waals surface area contributed by atoms with Crippen LogP contribution < -0.4 is 10.2 Å².